The third-order valence-electron chi connectivity index (χ3n) is 2.83. The minimum atomic E-state index is 0.311. The van der Waals surface area contributed by atoms with Gasteiger partial charge in [0.1, 0.15) is 0 Å². The Balaban J connectivity index is 2.22. The molecule has 2 rings (SSSR count). The molecule has 1 aromatic carbocycles. The standard InChI is InChI=1S/C15H15BrN2S/c1-2-4-14(15-5-3-6-19-15)18-13-8-11(10-17)7-12(16)9-13/h3,5-9,14,18H,2,4H2,1H3. The van der Waals surface area contributed by atoms with Gasteiger partial charge in [0.15, 0.2) is 0 Å². The molecule has 0 saturated heterocycles. The Bertz CT molecular complexity index is 572. The summed E-state index contributed by atoms with van der Waals surface area (Å²) in [5, 5.41) is 14.6. The largest absolute Gasteiger partial charge is 0.377 e. The molecular weight excluding hydrogens is 320 g/mol. The number of thiophene rings is 1. The van der Waals surface area contributed by atoms with E-state index in [-0.39, 0.29) is 0 Å². The quantitative estimate of drug-likeness (QED) is 0.801. The van der Waals surface area contributed by atoms with Gasteiger partial charge in [-0.1, -0.05) is 35.3 Å². The zero-order valence-electron chi connectivity index (χ0n) is 10.7. The van der Waals surface area contributed by atoms with E-state index in [0.717, 1.165) is 23.0 Å². The van der Waals surface area contributed by atoms with Gasteiger partial charge in [0.25, 0.3) is 0 Å². The van der Waals surface area contributed by atoms with Crippen molar-refractivity contribution in [2.75, 3.05) is 5.32 Å². The number of anilines is 1. The second-order valence-electron chi connectivity index (χ2n) is 4.34. The molecule has 0 saturated carbocycles. The summed E-state index contributed by atoms with van der Waals surface area (Å²) < 4.78 is 0.926. The first kappa shape index (κ1) is 14.1. The molecule has 0 radical (unpaired) electrons. The highest BCUT2D eigenvalue weighted by Crippen LogP contribution is 2.29. The number of halogens is 1. The fraction of sp³-hybridized carbons (Fsp3) is 0.267. The van der Waals surface area contributed by atoms with Crippen LogP contribution in [0.1, 0.15) is 36.2 Å². The van der Waals surface area contributed by atoms with E-state index in [1.54, 1.807) is 11.3 Å². The molecule has 4 heteroatoms. The Hall–Kier alpha value is -1.31. The lowest BCUT2D eigenvalue weighted by Crippen LogP contribution is -2.09. The van der Waals surface area contributed by atoms with E-state index < -0.39 is 0 Å². The maximum absolute atomic E-state index is 9.01. The lowest BCUT2D eigenvalue weighted by Gasteiger charge is -2.18. The van der Waals surface area contributed by atoms with Crippen molar-refractivity contribution in [1.82, 2.24) is 0 Å². The molecule has 0 aliphatic rings. The molecule has 19 heavy (non-hydrogen) atoms. The van der Waals surface area contributed by atoms with Crippen molar-refractivity contribution in [3.05, 3.63) is 50.6 Å². The van der Waals surface area contributed by atoms with Crippen LogP contribution in [0.5, 0.6) is 0 Å². The first-order chi connectivity index (χ1) is 9.22. The van der Waals surface area contributed by atoms with E-state index in [1.807, 2.05) is 18.2 Å². The highest BCUT2D eigenvalue weighted by atomic mass is 79.9. The van der Waals surface area contributed by atoms with Gasteiger partial charge >= 0.3 is 0 Å². The number of benzene rings is 1. The van der Waals surface area contributed by atoms with Crippen LogP contribution in [0.4, 0.5) is 5.69 Å². The van der Waals surface area contributed by atoms with E-state index in [0.29, 0.717) is 11.6 Å². The summed E-state index contributed by atoms with van der Waals surface area (Å²) in [5.74, 6) is 0. The minimum absolute atomic E-state index is 0.311. The van der Waals surface area contributed by atoms with Crippen molar-refractivity contribution in [1.29, 1.82) is 5.26 Å². The molecule has 0 amide bonds. The number of hydrogen-bond donors (Lipinski definition) is 1. The molecule has 98 valence electrons. The molecule has 1 unspecified atom stereocenters. The third-order valence-corrected chi connectivity index (χ3v) is 4.28. The molecule has 0 aliphatic heterocycles. The Morgan fingerprint density at radius 3 is 2.89 bits per heavy atom. The second kappa shape index (κ2) is 6.74. The zero-order chi connectivity index (χ0) is 13.7. The summed E-state index contributed by atoms with van der Waals surface area (Å²) >= 11 is 5.21. The molecule has 1 N–H and O–H groups in total. The van der Waals surface area contributed by atoms with Gasteiger partial charge in [-0.25, -0.2) is 0 Å². The normalized spacial score (nSPS) is 11.8. The van der Waals surface area contributed by atoms with Crippen LogP contribution in [-0.2, 0) is 0 Å². The zero-order valence-corrected chi connectivity index (χ0v) is 13.1. The van der Waals surface area contributed by atoms with Crippen LogP contribution in [-0.4, -0.2) is 0 Å². The van der Waals surface area contributed by atoms with Gasteiger partial charge in [-0.3, -0.25) is 0 Å². The van der Waals surface area contributed by atoms with Gasteiger partial charge in [0, 0.05) is 15.0 Å². The monoisotopic (exact) mass is 334 g/mol. The Morgan fingerprint density at radius 1 is 1.42 bits per heavy atom. The number of hydrogen-bond acceptors (Lipinski definition) is 3. The van der Waals surface area contributed by atoms with Crippen molar-refractivity contribution in [2.24, 2.45) is 0 Å². The van der Waals surface area contributed by atoms with Gasteiger partial charge < -0.3 is 5.32 Å². The van der Waals surface area contributed by atoms with Crippen molar-refractivity contribution >= 4 is 33.0 Å². The molecule has 0 aliphatic carbocycles. The number of nitrogens with zero attached hydrogens (tertiary/aromatic N) is 1. The molecule has 1 atom stereocenters. The van der Waals surface area contributed by atoms with Gasteiger partial charge in [-0.2, -0.15) is 5.26 Å². The maximum atomic E-state index is 9.01. The Kier molecular flexibility index (Phi) is 5.00. The van der Waals surface area contributed by atoms with Crippen molar-refractivity contribution in [3.63, 3.8) is 0 Å². The van der Waals surface area contributed by atoms with Gasteiger partial charge in [0.2, 0.25) is 0 Å². The summed E-state index contributed by atoms with van der Waals surface area (Å²) in [6.07, 6.45) is 2.20. The van der Waals surface area contributed by atoms with E-state index in [4.69, 9.17) is 5.26 Å². The van der Waals surface area contributed by atoms with Crippen LogP contribution >= 0.6 is 27.3 Å². The lowest BCUT2D eigenvalue weighted by molar-refractivity contribution is 0.687. The molecule has 1 aromatic heterocycles. The Labute approximate surface area is 126 Å². The van der Waals surface area contributed by atoms with Crippen LogP contribution in [0.15, 0.2) is 40.2 Å². The summed E-state index contributed by atoms with van der Waals surface area (Å²) in [5.41, 5.74) is 1.65. The summed E-state index contributed by atoms with van der Waals surface area (Å²) in [6, 6.07) is 12.4. The van der Waals surface area contributed by atoms with Gasteiger partial charge in [0.05, 0.1) is 17.7 Å². The van der Waals surface area contributed by atoms with Gasteiger partial charge in [-0.15, -0.1) is 11.3 Å². The van der Waals surface area contributed by atoms with Gasteiger partial charge in [-0.05, 0) is 36.1 Å². The fourth-order valence-electron chi connectivity index (χ4n) is 2.00. The molecule has 2 nitrogen and oxygen atoms in total. The third kappa shape index (κ3) is 3.82. The smallest absolute Gasteiger partial charge is 0.0992 e. The Morgan fingerprint density at radius 2 is 2.26 bits per heavy atom. The van der Waals surface area contributed by atoms with Crippen LogP contribution in [0.25, 0.3) is 0 Å². The average Bonchev–Trinajstić information content (AvgIpc) is 2.91. The van der Waals surface area contributed by atoms with Crippen molar-refractivity contribution in [2.45, 2.75) is 25.8 Å². The lowest BCUT2D eigenvalue weighted by atomic mass is 10.1. The van der Waals surface area contributed by atoms with Crippen LogP contribution in [0.2, 0.25) is 0 Å². The predicted molar refractivity (Wildman–Crippen MR) is 84.4 cm³/mol. The van der Waals surface area contributed by atoms with Crippen molar-refractivity contribution in [3.8, 4) is 6.07 Å². The highest BCUT2D eigenvalue weighted by Gasteiger charge is 2.12. The number of nitrogens with one attached hydrogen (secondary N) is 1. The topological polar surface area (TPSA) is 35.8 Å². The van der Waals surface area contributed by atoms with Crippen LogP contribution in [0.3, 0.4) is 0 Å². The second-order valence-corrected chi connectivity index (χ2v) is 6.24. The first-order valence-electron chi connectivity index (χ1n) is 6.23. The van der Waals surface area contributed by atoms with Crippen molar-refractivity contribution < 1.29 is 0 Å². The summed E-state index contributed by atoms with van der Waals surface area (Å²) in [4.78, 5) is 1.33. The van der Waals surface area contributed by atoms with E-state index in [1.165, 1.54) is 4.88 Å². The van der Waals surface area contributed by atoms with E-state index >= 15 is 0 Å². The van der Waals surface area contributed by atoms with Crippen LogP contribution in [0, 0.1) is 11.3 Å². The highest BCUT2D eigenvalue weighted by molar-refractivity contribution is 9.10. The fourth-order valence-corrected chi connectivity index (χ4v) is 3.31. The minimum Gasteiger partial charge on any atom is -0.377 e. The summed E-state index contributed by atoms with van der Waals surface area (Å²) in [6.45, 7) is 2.18. The van der Waals surface area contributed by atoms with E-state index in [2.05, 4.69) is 51.8 Å². The predicted octanol–water partition coefficient (Wildman–Crippen LogP) is 5.34. The molecule has 1 heterocycles. The van der Waals surface area contributed by atoms with Crippen LogP contribution < -0.4 is 5.32 Å². The number of nitriles is 1. The SMILES string of the molecule is CCCC(Nc1cc(Br)cc(C#N)c1)c1cccs1. The average molecular weight is 335 g/mol. The molecule has 0 bridgehead atoms. The molecule has 0 spiro atoms. The van der Waals surface area contributed by atoms with E-state index in [9.17, 15) is 0 Å². The molecule has 0 fully saturated rings. The summed E-state index contributed by atoms with van der Waals surface area (Å²) in [7, 11) is 0. The maximum Gasteiger partial charge on any atom is 0.0992 e. The molecule has 2 aromatic rings. The number of rotatable bonds is 5. The molecular formula is C15H15BrN2S. The first-order valence-corrected chi connectivity index (χ1v) is 7.91.